The van der Waals surface area contributed by atoms with Crippen LogP contribution in [0.25, 0.3) is 0 Å². The lowest BCUT2D eigenvalue weighted by Crippen LogP contribution is -2.27. The molecule has 0 N–H and O–H groups in total. The van der Waals surface area contributed by atoms with Crippen molar-refractivity contribution in [2.24, 2.45) is 0 Å². The molecule has 0 aromatic heterocycles. The Hall–Kier alpha value is -0.640. The average Bonchev–Trinajstić information content (AvgIpc) is 2.53. The molecule has 0 bridgehead atoms. The monoisotopic (exact) mass is 276 g/mol. The highest BCUT2D eigenvalue weighted by molar-refractivity contribution is 9.10. The van der Waals surface area contributed by atoms with Crippen LogP contribution < -0.4 is 4.74 Å². The van der Waals surface area contributed by atoms with Crippen LogP contribution in [-0.4, -0.2) is 18.4 Å². The maximum absolute atomic E-state index is 13.2. The number of hydrogen-bond donors (Lipinski definition) is 0. The maximum atomic E-state index is 13.2. The van der Waals surface area contributed by atoms with Gasteiger partial charge in [-0.3, -0.25) is 0 Å². The number of alkyl halides is 2. The van der Waals surface area contributed by atoms with Crippen LogP contribution in [0, 0.1) is 0 Å². The molecule has 1 aromatic carbocycles. The van der Waals surface area contributed by atoms with Crippen LogP contribution in [0.2, 0.25) is 0 Å². The first-order valence-electron chi connectivity index (χ1n) is 4.87. The Labute approximate surface area is 95.6 Å². The smallest absolute Gasteiger partial charge is 0.168 e. The molecule has 3 unspecified atom stereocenters. The van der Waals surface area contributed by atoms with E-state index in [9.17, 15) is 8.78 Å². The normalized spacial score (nSPS) is 30.5. The third-order valence-electron chi connectivity index (χ3n) is 2.53. The van der Waals surface area contributed by atoms with Crippen molar-refractivity contribution in [1.82, 2.24) is 0 Å². The van der Waals surface area contributed by atoms with Crippen molar-refractivity contribution in [3.05, 3.63) is 28.7 Å². The van der Waals surface area contributed by atoms with Gasteiger partial charge in [-0.1, -0.05) is 15.9 Å². The first-order valence-corrected chi connectivity index (χ1v) is 5.66. The van der Waals surface area contributed by atoms with Gasteiger partial charge in [-0.2, -0.15) is 0 Å². The minimum atomic E-state index is -1.49. The fourth-order valence-corrected chi connectivity index (χ4v) is 1.95. The molecule has 1 nitrogen and oxygen atoms in total. The van der Waals surface area contributed by atoms with Crippen LogP contribution in [0.15, 0.2) is 28.7 Å². The summed E-state index contributed by atoms with van der Waals surface area (Å²) in [4.78, 5) is 0. The number of halogens is 3. The minimum Gasteiger partial charge on any atom is -0.487 e. The van der Waals surface area contributed by atoms with Crippen molar-refractivity contribution in [2.75, 3.05) is 0 Å². The lowest BCUT2D eigenvalue weighted by molar-refractivity contribution is 0.0895. The predicted octanol–water partition coefficient (Wildman–Crippen LogP) is 3.67. The van der Waals surface area contributed by atoms with Gasteiger partial charge in [0.25, 0.3) is 0 Å². The Balaban J connectivity index is 2.00. The minimum absolute atomic E-state index is 0.252. The molecule has 2 rings (SSSR count). The Kier molecular flexibility index (Phi) is 3.24. The molecule has 1 aliphatic carbocycles. The highest BCUT2D eigenvalue weighted by Gasteiger charge is 2.38. The summed E-state index contributed by atoms with van der Waals surface area (Å²) in [5.41, 5.74) is 0. The lowest BCUT2D eigenvalue weighted by atomic mass is 10.2. The zero-order chi connectivity index (χ0) is 10.8. The molecular formula is C11H11BrF2O. The molecule has 1 aromatic rings. The van der Waals surface area contributed by atoms with E-state index in [1.807, 2.05) is 12.1 Å². The number of ether oxygens (including phenoxy) is 1. The molecule has 1 aliphatic rings. The van der Waals surface area contributed by atoms with E-state index in [1.165, 1.54) is 0 Å². The Morgan fingerprint density at radius 1 is 1.13 bits per heavy atom. The second-order valence-corrected chi connectivity index (χ2v) is 4.56. The van der Waals surface area contributed by atoms with Gasteiger partial charge in [0.1, 0.15) is 18.0 Å². The van der Waals surface area contributed by atoms with Gasteiger partial charge < -0.3 is 4.74 Å². The molecule has 1 fully saturated rings. The van der Waals surface area contributed by atoms with Crippen LogP contribution in [0.1, 0.15) is 12.8 Å². The summed E-state index contributed by atoms with van der Waals surface area (Å²) in [5.74, 6) is 0.583. The Morgan fingerprint density at radius 2 is 1.80 bits per heavy atom. The van der Waals surface area contributed by atoms with Crippen LogP contribution in [0.5, 0.6) is 5.75 Å². The van der Waals surface area contributed by atoms with Gasteiger partial charge in [-0.25, -0.2) is 8.78 Å². The van der Waals surface area contributed by atoms with Gasteiger partial charge in [-0.05, 0) is 37.1 Å². The highest BCUT2D eigenvalue weighted by atomic mass is 79.9. The predicted molar refractivity (Wildman–Crippen MR) is 57.6 cm³/mol. The van der Waals surface area contributed by atoms with Crippen molar-refractivity contribution in [2.45, 2.75) is 31.3 Å². The molecule has 0 amide bonds. The van der Waals surface area contributed by atoms with E-state index in [0.717, 1.165) is 4.47 Å². The Bertz CT molecular complexity index is 328. The van der Waals surface area contributed by atoms with Crippen molar-refractivity contribution >= 4 is 15.9 Å². The topological polar surface area (TPSA) is 9.23 Å². The van der Waals surface area contributed by atoms with Crippen molar-refractivity contribution in [3.63, 3.8) is 0 Å². The van der Waals surface area contributed by atoms with E-state index in [1.54, 1.807) is 12.1 Å². The Morgan fingerprint density at radius 3 is 2.33 bits per heavy atom. The molecule has 3 atom stereocenters. The summed E-state index contributed by atoms with van der Waals surface area (Å²) >= 11 is 3.29. The second-order valence-electron chi connectivity index (χ2n) is 3.65. The van der Waals surface area contributed by atoms with Crippen molar-refractivity contribution in [3.8, 4) is 5.75 Å². The maximum Gasteiger partial charge on any atom is 0.168 e. The number of rotatable bonds is 2. The summed E-state index contributed by atoms with van der Waals surface area (Å²) in [5, 5.41) is 0. The third-order valence-corrected chi connectivity index (χ3v) is 3.06. The molecule has 0 aliphatic heterocycles. The zero-order valence-corrected chi connectivity index (χ0v) is 9.58. The largest absolute Gasteiger partial charge is 0.487 e. The average molecular weight is 277 g/mol. The van der Waals surface area contributed by atoms with Gasteiger partial charge in [0.05, 0.1) is 0 Å². The molecular weight excluding hydrogens is 266 g/mol. The molecule has 82 valence electrons. The summed E-state index contributed by atoms with van der Waals surface area (Å²) in [6.07, 6.45) is -2.80. The van der Waals surface area contributed by atoms with E-state index < -0.39 is 18.4 Å². The molecule has 0 spiro atoms. The summed E-state index contributed by atoms with van der Waals surface area (Å²) in [6, 6.07) is 7.10. The third kappa shape index (κ3) is 2.48. The fourth-order valence-electron chi connectivity index (χ4n) is 1.69. The lowest BCUT2D eigenvalue weighted by Gasteiger charge is -2.16. The van der Waals surface area contributed by atoms with E-state index in [0.29, 0.717) is 12.2 Å². The van der Waals surface area contributed by atoms with Gasteiger partial charge in [0, 0.05) is 4.47 Å². The van der Waals surface area contributed by atoms with Gasteiger partial charge >= 0.3 is 0 Å². The fraction of sp³-hybridized carbons (Fsp3) is 0.455. The van der Waals surface area contributed by atoms with Crippen molar-refractivity contribution < 1.29 is 13.5 Å². The molecule has 1 saturated carbocycles. The SMILES string of the molecule is FC1CCC(Oc2ccc(Br)cc2)C1F. The van der Waals surface area contributed by atoms with E-state index in [2.05, 4.69) is 15.9 Å². The first-order chi connectivity index (χ1) is 7.16. The highest BCUT2D eigenvalue weighted by Crippen LogP contribution is 2.29. The van der Waals surface area contributed by atoms with E-state index >= 15 is 0 Å². The molecule has 0 heterocycles. The van der Waals surface area contributed by atoms with Crippen LogP contribution in [-0.2, 0) is 0 Å². The summed E-state index contributed by atoms with van der Waals surface area (Å²) < 4.78 is 32.4. The molecule has 0 saturated heterocycles. The molecule has 4 heteroatoms. The molecule has 0 radical (unpaired) electrons. The summed E-state index contributed by atoms with van der Waals surface area (Å²) in [6.45, 7) is 0. The van der Waals surface area contributed by atoms with Crippen LogP contribution in [0.3, 0.4) is 0 Å². The standard InChI is InChI=1S/C11H11BrF2O/c12-7-1-3-8(4-2-7)15-10-6-5-9(13)11(10)14/h1-4,9-11H,5-6H2. The second kappa shape index (κ2) is 4.47. The first kappa shape index (κ1) is 10.9. The van der Waals surface area contributed by atoms with Crippen LogP contribution >= 0.6 is 15.9 Å². The van der Waals surface area contributed by atoms with E-state index in [4.69, 9.17) is 4.74 Å². The molecule has 15 heavy (non-hydrogen) atoms. The van der Waals surface area contributed by atoms with Crippen molar-refractivity contribution in [1.29, 1.82) is 0 Å². The number of hydrogen-bond acceptors (Lipinski definition) is 1. The van der Waals surface area contributed by atoms with Gasteiger partial charge in [-0.15, -0.1) is 0 Å². The summed E-state index contributed by atoms with van der Waals surface area (Å²) in [7, 11) is 0. The van der Waals surface area contributed by atoms with Crippen LogP contribution in [0.4, 0.5) is 8.78 Å². The van der Waals surface area contributed by atoms with E-state index in [-0.39, 0.29) is 6.42 Å². The number of benzene rings is 1. The van der Waals surface area contributed by atoms with Gasteiger partial charge in [0.2, 0.25) is 0 Å². The zero-order valence-electron chi connectivity index (χ0n) is 8.00. The quantitative estimate of drug-likeness (QED) is 0.801. The van der Waals surface area contributed by atoms with Gasteiger partial charge in [0.15, 0.2) is 6.17 Å².